The summed E-state index contributed by atoms with van der Waals surface area (Å²) < 4.78 is 6.29. The molecule has 3 rings (SSSR count). The molecule has 4 nitrogen and oxygen atoms in total. The summed E-state index contributed by atoms with van der Waals surface area (Å²) in [5.74, 6) is 0.554. The molecule has 0 fully saturated rings. The molecule has 1 amide bonds. The maximum absolute atomic E-state index is 12.5. The zero-order valence-electron chi connectivity index (χ0n) is 13.7. The number of carbonyl (C=O) groups excluding carboxylic acids is 1. The number of ether oxygens (including phenoxy) is 1. The number of aromatic nitrogens is 1. The molecule has 2 aromatic carbocycles. The molecule has 0 unspecified atom stereocenters. The predicted molar refractivity (Wildman–Crippen MR) is 102 cm³/mol. The van der Waals surface area contributed by atoms with Crippen LogP contribution in [-0.2, 0) is 0 Å². The minimum Gasteiger partial charge on any atom is -0.494 e. The van der Waals surface area contributed by atoms with Gasteiger partial charge in [0.25, 0.3) is 5.91 Å². The van der Waals surface area contributed by atoms with Gasteiger partial charge in [0.05, 0.1) is 11.8 Å². The molecule has 0 aliphatic carbocycles. The zero-order valence-corrected chi connectivity index (χ0v) is 15.3. The van der Waals surface area contributed by atoms with Crippen molar-refractivity contribution in [3.05, 3.63) is 48.0 Å². The van der Waals surface area contributed by atoms with Crippen molar-refractivity contribution in [1.29, 1.82) is 0 Å². The highest BCUT2D eigenvalue weighted by Crippen LogP contribution is 2.32. The van der Waals surface area contributed by atoms with Gasteiger partial charge in [-0.05, 0) is 30.3 Å². The first kappa shape index (κ1) is 16.8. The number of methoxy groups -OCH3 is 1. The van der Waals surface area contributed by atoms with Gasteiger partial charge in [0, 0.05) is 15.7 Å². The molecule has 0 radical (unpaired) electrons. The molecule has 1 N–H and O–H groups in total. The predicted octanol–water partition coefficient (Wildman–Crippen LogP) is 5.06. The number of hydrogen-bond donors (Lipinski definition) is 1. The van der Waals surface area contributed by atoms with Crippen LogP contribution in [0.2, 0.25) is 0 Å². The molecule has 0 aliphatic heterocycles. The fraction of sp³-hybridized carbons (Fsp3) is 0.222. The second-order valence-electron chi connectivity index (χ2n) is 5.47. The lowest BCUT2D eigenvalue weighted by molar-refractivity contribution is 0.102. The summed E-state index contributed by atoms with van der Waals surface area (Å²) in [4.78, 5) is 18.1. The SMILES string of the molecule is COc1cccc2sc(NC(=O)c3cccc(SC(C)C)c3)nc12. The van der Waals surface area contributed by atoms with Gasteiger partial charge in [0.2, 0.25) is 0 Å². The Morgan fingerprint density at radius 3 is 2.79 bits per heavy atom. The van der Waals surface area contributed by atoms with Crippen molar-refractivity contribution in [3.63, 3.8) is 0 Å². The molecule has 3 aromatic rings. The van der Waals surface area contributed by atoms with Gasteiger partial charge in [-0.2, -0.15) is 0 Å². The van der Waals surface area contributed by atoms with Crippen LogP contribution < -0.4 is 10.1 Å². The number of thioether (sulfide) groups is 1. The molecule has 1 heterocycles. The number of hydrogen-bond acceptors (Lipinski definition) is 5. The van der Waals surface area contributed by atoms with E-state index >= 15 is 0 Å². The van der Waals surface area contributed by atoms with Crippen LogP contribution in [0.25, 0.3) is 10.2 Å². The Labute approximate surface area is 149 Å². The van der Waals surface area contributed by atoms with Crippen LogP contribution in [0.15, 0.2) is 47.4 Å². The highest BCUT2D eigenvalue weighted by Gasteiger charge is 2.13. The number of fused-ring (bicyclic) bond motifs is 1. The summed E-state index contributed by atoms with van der Waals surface area (Å²) in [5.41, 5.74) is 1.40. The summed E-state index contributed by atoms with van der Waals surface area (Å²) >= 11 is 3.17. The number of carbonyl (C=O) groups is 1. The van der Waals surface area contributed by atoms with E-state index in [9.17, 15) is 4.79 Å². The number of benzene rings is 2. The van der Waals surface area contributed by atoms with Crippen LogP contribution >= 0.6 is 23.1 Å². The third-order valence-electron chi connectivity index (χ3n) is 3.29. The van der Waals surface area contributed by atoms with Crippen molar-refractivity contribution in [2.45, 2.75) is 24.0 Å². The van der Waals surface area contributed by atoms with Crippen molar-refractivity contribution in [1.82, 2.24) is 4.98 Å². The molecule has 0 aliphatic rings. The van der Waals surface area contributed by atoms with Crippen molar-refractivity contribution < 1.29 is 9.53 Å². The monoisotopic (exact) mass is 358 g/mol. The lowest BCUT2D eigenvalue weighted by Gasteiger charge is -2.07. The van der Waals surface area contributed by atoms with E-state index < -0.39 is 0 Å². The van der Waals surface area contributed by atoms with E-state index in [2.05, 4.69) is 24.1 Å². The van der Waals surface area contributed by atoms with Crippen LogP contribution in [0.5, 0.6) is 5.75 Å². The van der Waals surface area contributed by atoms with Gasteiger partial charge in [0.15, 0.2) is 5.13 Å². The van der Waals surface area contributed by atoms with E-state index in [4.69, 9.17) is 4.74 Å². The lowest BCUT2D eigenvalue weighted by Crippen LogP contribution is -2.11. The van der Waals surface area contributed by atoms with Crippen molar-refractivity contribution in [2.75, 3.05) is 12.4 Å². The molecule has 0 atom stereocenters. The van der Waals surface area contributed by atoms with Gasteiger partial charge in [-0.15, -0.1) is 11.8 Å². The van der Waals surface area contributed by atoms with Gasteiger partial charge in [-0.3, -0.25) is 10.1 Å². The Hall–Kier alpha value is -2.05. The average molecular weight is 358 g/mol. The van der Waals surface area contributed by atoms with E-state index in [-0.39, 0.29) is 5.91 Å². The number of nitrogens with one attached hydrogen (secondary N) is 1. The average Bonchev–Trinajstić information content (AvgIpc) is 2.96. The first-order valence-electron chi connectivity index (χ1n) is 7.58. The van der Waals surface area contributed by atoms with Crippen molar-refractivity contribution >= 4 is 44.4 Å². The Morgan fingerprint density at radius 1 is 1.25 bits per heavy atom. The lowest BCUT2D eigenvalue weighted by atomic mass is 10.2. The minimum atomic E-state index is -0.153. The smallest absolute Gasteiger partial charge is 0.257 e. The second kappa shape index (κ2) is 7.23. The van der Waals surface area contributed by atoms with Gasteiger partial charge in [0.1, 0.15) is 11.3 Å². The normalized spacial score (nSPS) is 11.0. The molecule has 0 bridgehead atoms. The fourth-order valence-electron chi connectivity index (χ4n) is 2.29. The number of nitrogens with zero attached hydrogens (tertiary/aromatic N) is 1. The Bertz CT molecular complexity index is 874. The highest BCUT2D eigenvalue weighted by atomic mass is 32.2. The van der Waals surface area contributed by atoms with E-state index in [1.54, 1.807) is 18.9 Å². The van der Waals surface area contributed by atoms with Gasteiger partial charge in [-0.25, -0.2) is 4.98 Å². The van der Waals surface area contributed by atoms with Crippen LogP contribution in [0.4, 0.5) is 5.13 Å². The van der Waals surface area contributed by atoms with Crippen LogP contribution in [0.1, 0.15) is 24.2 Å². The molecular formula is C18H18N2O2S2. The number of amides is 1. The second-order valence-corrected chi connectivity index (χ2v) is 8.16. The van der Waals surface area contributed by atoms with Crippen molar-refractivity contribution in [2.24, 2.45) is 0 Å². The number of rotatable bonds is 5. The Kier molecular flexibility index (Phi) is 5.06. The van der Waals surface area contributed by atoms with Crippen LogP contribution in [0.3, 0.4) is 0 Å². The first-order valence-corrected chi connectivity index (χ1v) is 9.28. The number of thiazole rings is 1. The van der Waals surface area contributed by atoms with E-state index in [0.717, 1.165) is 15.1 Å². The molecule has 1 aromatic heterocycles. The van der Waals surface area contributed by atoms with Gasteiger partial charge in [-0.1, -0.05) is 37.3 Å². The quantitative estimate of drug-likeness (QED) is 0.648. The third-order valence-corrected chi connectivity index (χ3v) is 5.22. The molecule has 6 heteroatoms. The zero-order chi connectivity index (χ0) is 17.1. The number of para-hydroxylation sites is 1. The topological polar surface area (TPSA) is 51.2 Å². The molecule has 0 saturated heterocycles. The van der Waals surface area contributed by atoms with Gasteiger partial charge < -0.3 is 4.74 Å². The molecule has 0 saturated carbocycles. The fourth-order valence-corrected chi connectivity index (χ4v) is 4.07. The first-order chi connectivity index (χ1) is 11.6. The van der Waals surface area contributed by atoms with Gasteiger partial charge >= 0.3 is 0 Å². The van der Waals surface area contributed by atoms with Crippen molar-refractivity contribution in [3.8, 4) is 5.75 Å². The summed E-state index contributed by atoms with van der Waals surface area (Å²) in [7, 11) is 1.62. The largest absolute Gasteiger partial charge is 0.494 e. The third kappa shape index (κ3) is 3.71. The summed E-state index contributed by atoms with van der Waals surface area (Å²) in [5, 5.41) is 3.93. The van der Waals surface area contributed by atoms with E-state index in [0.29, 0.717) is 21.7 Å². The summed E-state index contributed by atoms with van der Waals surface area (Å²) in [6.45, 7) is 4.26. The van der Waals surface area contributed by atoms with Crippen LogP contribution in [0, 0.1) is 0 Å². The number of anilines is 1. The minimum absolute atomic E-state index is 0.153. The Balaban J connectivity index is 1.82. The maximum Gasteiger partial charge on any atom is 0.257 e. The standard InChI is InChI=1S/C18H18N2O2S2/c1-11(2)23-13-7-4-6-12(10-13)17(21)20-18-19-16-14(22-3)8-5-9-15(16)24-18/h4-11H,1-3H3,(H,19,20,21). The summed E-state index contributed by atoms with van der Waals surface area (Å²) in [6.07, 6.45) is 0. The highest BCUT2D eigenvalue weighted by molar-refractivity contribution is 7.99. The molecule has 0 spiro atoms. The van der Waals surface area contributed by atoms with E-state index in [1.165, 1.54) is 11.3 Å². The molecule has 124 valence electrons. The van der Waals surface area contributed by atoms with Crippen LogP contribution in [-0.4, -0.2) is 23.3 Å². The molecule has 24 heavy (non-hydrogen) atoms. The van der Waals surface area contributed by atoms with E-state index in [1.807, 2.05) is 42.5 Å². The molecular weight excluding hydrogens is 340 g/mol. The summed E-state index contributed by atoms with van der Waals surface area (Å²) in [6, 6.07) is 13.4. The Morgan fingerprint density at radius 2 is 2.04 bits per heavy atom. The maximum atomic E-state index is 12.5.